The van der Waals surface area contributed by atoms with Gasteiger partial charge in [-0.05, 0) is 6.92 Å². The highest BCUT2D eigenvalue weighted by Crippen LogP contribution is 2.28. The molecule has 0 saturated heterocycles. The SMILES string of the molecule is Cc1ncoc1-c1nc2cc(F)c(F)cc2n1CC(=O)O. The van der Waals surface area contributed by atoms with E-state index in [0.717, 1.165) is 12.1 Å². The van der Waals surface area contributed by atoms with Crippen molar-refractivity contribution in [3.63, 3.8) is 0 Å². The van der Waals surface area contributed by atoms with E-state index in [9.17, 15) is 13.6 Å². The van der Waals surface area contributed by atoms with Crippen LogP contribution in [0.1, 0.15) is 5.69 Å². The van der Waals surface area contributed by atoms with Crippen LogP contribution >= 0.6 is 0 Å². The average molecular weight is 293 g/mol. The molecule has 108 valence electrons. The number of hydrogen-bond acceptors (Lipinski definition) is 4. The lowest BCUT2D eigenvalue weighted by molar-refractivity contribution is -0.137. The standard InChI is InChI=1S/C13H9F2N3O3/c1-6-12(21-5-16-6)13-17-9-2-7(14)8(15)3-10(9)18(13)4-11(19)20/h2-3,5H,4H2,1H3,(H,19,20). The van der Waals surface area contributed by atoms with Crippen LogP contribution in [0.15, 0.2) is 22.9 Å². The molecule has 2 heterocycles. The Labute approximate surface area is 116 Å². The molecule has 0 saturated carbocycles. The molecule has 1 aromatic carbocycles. The number of aromatic nitrogens is 3. The van der Waals surface area contributed by atoms with Gasteiger partial charge in [0.25, 0.3) is 0 Å². The second-order valence-corrected chi connectivity index (χ2v) is 4.44. The first-order chi connectivity index (χ1) is 9.97. The number of hydrogen-bond donors (Lipinski definition) is 1. The summed E-state index contributed by atoms with van der Waals surface area (Å²) in [7, 11) is 0. The van der Waals surface area contributed by atoms with Crippen LogP contribution in [0.5, 0.6) is 0 Å². The van der Waals surface area contributed by atoms with E-state index >= 15 is 0 Å². The van der Waals surface area contributed by atoms with E-state index in [0.29, 0.717) is 5.69 Å². The number of carboxylic acids is 1. The summed E-state index contributed by atoms with van der Waals surface area (Å²) in [6.45, 7) is 1.20. The van der Waals surface area contributed by atoms with Gasteiger partial charge in [-0.3, -0.25) is 4.79 Å². The number of carboxylic acid groups (broad SMARTS) is 1. The maximum Gasteiger partial charge on any atom is 0.323 e. The third-order valence-electron chi connectivity index (χ3n) is 3.03. The van der Waals surface area contributed by atoms with Gasteiger partial charge >= 0.3 is 5.97 Å². The molecule has 1 N–H and O–H groups in total. The topological polar surface area (TPSA) is 81.2 Å². The first-order valence-electron chi connectivity index (χ1n) is 5.95. The Bertz CT molecular complexity index is 854. The molecule has 0 amide bonds. The van der Waals surface area contributed by atoms with Crippen LogP contribution in [0.2, 0.25) is 0 Å². The highest BCUT2D eigenvalue weighted by molar-refractivity contribution is 5.82. The van der Waals surface area contributed by atoms with Crippen LogP contribution in [0.3, 0.4) is 0 Å². The highest BCUT2D eigenvalue weighted by Gasteiger charge is 2.20. The van der Waals surface area contributed by atoms with E-state index in [4.69, 9.17) is 9.52 Å². The maximum absolute atomic E-state index is 13.4. The van der Waals surface area contributed by atoms with Gasteiger partial charge < -0.3 is 14.1 Å². The fourth-order valence-electron chi connectivity index (χ4n) is 2.11. The maximum atomic E-state index is 13.4. The lowest BCUT2D eigenvalue weighted by atomic mass is 10.3. The molecule has 0 aliphatic heterocycles. The van der Waals surface area contributed by atoms with Crippen molar-refractivity contribution >= 4 is 17.0 Å². The van der Waals surface area contributed by atoms with Gasteiger partial charge in [-0.2, -0.15) is 0 Å². The van der Waals surface area contributed by atoms with Crippen molar-refractivity contribution < 1.29 is 23.1 Å². The lowest BCUT2D eigenvalue weighted by Gasteiger charge is -2.04. The van der Waals surface area contributed by atoms with Gasteiger partial charge in [0.05, 0.1) is 16.7 Å². The second kappa shape index (κ2) is 4.65. The van der Waals surface area contributed by atoms with Gasteiger partial charge in [0, 0.05) is 12.1 Å². The third kappa shape index (κ3) is 2.14. The summed E-state index contributed by atoms with van der Waals surface area (Å²) in [5, 5.41) is 9.00. The summed E-state index contributed by atoms with van der Waals surface area (Å²) in [6, 6.07) is 1.83. The molecule has 2 aromatic heterocycles. The molecular formula is C13H9F2N3O3. The van der Waals surface area contributed by atoms with Crippen LogP contribution in [-0.4, -0.2) is 25.6 Å². The number of fused-ring (bicyclic) bond motifs is 1. The number of benzene rings is 1. The molecule has 21 heavy (non-hydrogen) atoms. The summed E-state index contributed by atoms with van der Waals surface area (Å²) in [4.78, 5) is 19.0. The Morgan fingerprint density at radius 1 is 1.38 bits per heavy atom. The van der Waals surface area contributed by atoms with Gasteiger partial charge in [0.15, 0.2) is 29.6 Å². The molecule has 6 nitrogen and oxygen atoms in total. The van der Waals surface area contributed by atoms with Crippen LogP contribution < -0.4 is 0 Å². The number of nitrogens with zero attached hydrogens (tertiary/aromatic N) is 3. The number of imidazole rings is 1. The summed E-state index contributed by atoms with van der Waals surface area (Å²) < 4.78 is 33.1. The molecule has 0 atom stereocenters. The van der Waals surface area contributed by atoms with Gasteiger partial charge in [0.1, 0.15) is 6.54 Å². The minimum atomic E-state index is -1.14. The molecule has 0 fully saturated rings. The lowest BCUT2D eigenvalue weighted by Crippen LogP contribution is -2.10. The summed E-state index contributed by atoms with van der Waals surface area (Å²) in [5.74, 6) is -2.85. The molecule has 3 aromatic rings. The number of carbonyl (C=O) groups is 1. The first kappa shape index (κ1) is 13.2. The van der Waals surface area contributed by atoms with Crippen molar-refractivity contribution in [2.75, 3.05) is 0 Å². The molecule has 0 aliphatic rings. The van der Waals surface area contributed by atoms with Crippen molar-refractivity contribution in [3.8, 4) is 11.6 Å². The monoisotopic (exact) mass is 293 g/mol. The van der Waals surface area contributed by atoms with Crippen molar-refractivity contribution in [1.29, 1.82) is 0 Å². The molecule has 0 radical (unpaired) electrons. The van der Waals surface area contributed by atoms with Crippen LogP contribution in [0.4, 0.5) is 8.78 Å². The van der Waals surface area contributed by atoms with Gasteiger partial charge in [-0.15, -0.1) is 0 Å². The second-order valence-electron chi connectivity index (χ2n) is 4.44. The van der Waals surface area contributed by atoms with E-state index in [1.165, 1.54) is 11.0 Å². The van der Waals surface area contributed by atoms with Crippen molar-refractivity contribution in [2.24, 2.45) is 0 Å². The smallest absolute Gasteiger partial charge is 0.323 e. The molecule has 0 bridgehead atoms. The van der Waals surface area contributed by atoms with Crippen molar-refractivity contribution in [2.45, 2.75) is 13.5 Å². The van der Waals surface area contributed by atoms with Gasteiger partial charge in [0.2, 0.25) is 0 Å². The molecule has 0 unspecified atom stereocenters. The Hall–Kier alpha value is -2.77. The van der Waals surface area contributed by atoms with Gasteiger partial charge in [-0.25, -0.2) is 18.7 Å². The Kier molecular flexibility index (Phi) is 2.93. The largest absolute Gasteiger partial charge is 0.480 e. The molecule has 0 aliphatic carbocycles. The molecular weight excluding hydrogens is 284 g/mol. The van der Waals surface area contributed by atoms with Crippen molar-refractivity contribution in [3.05, 3.63) is 35.9 Å². The van der Waals surface area contributed by atoms with Crippen molar-refractivity contribution in [1.82, 2.24) is 14.5 Å². The third-order valence-corrected chi connectivity index (χ3v) is 3.03. The number of aliphatic carboxylic acids is 1. The first-order valence-corrected chi connectivity index (χ1v) is 5.95. The fourth-order valence-corrected chi connectivity index (χ4v) is 2.11. The number of oxazole rings is 1. The fraction of sp³-hybridized carbons (Fsp3) is 0.154. The predicted molar refractivity (Wildman–Crippen MR) is 67.5 cm³/mol. The minimum Gasteiger partial charge on any atom is -0.480 e. The Morgan fingerprint density at radius 3 is 2.71 bits per heavy atom. The Morgan fingerprint density at radius 2 is 2.10 bits per heavy atom. The zero-order valence-electron chi connectivity index (χ0n) is 10.8. The van der Waals surface area contributed by atoms with E-state index < -0.39 is 24.1 Å². The van der Waals surface area contributed by atoms with Crippen LogP contribution in [-0.2, 0) is 11.3 Å². The zero-order valence-corrected chi connectivity index (χ0v) is 10.8. The van der Waals surface area contributed by atoms with E-state index in [-0.39, 0.29) is 22.6 Å². The van der Waals surface area contributed by atoms with E-state index in [2.05, 4.69) is 9.97 Å². The summed E-state index contributed by atoms with van der Waals surface area (Å²) in [5.41, 5.74) is 0.806. The summed E-state index contributed by atoms with van der Waals surface area (Å²) >= 11 is 0. The minimum absolute atomic E-state index is 0.140. The molecule has 8 heteroatoms. The quantitative estimate of drug-likeness (QED) is 0.801. The normalized spacial score (nSPS) is 11.2. The number of rotatable bonds is 3. The highest BCUT2D eigenvalue weighted by atomic mass is 19.2. The van der Waals surface area contributed by atoms with Crippen LogP contribution in [0, 0.1) is 18.6 Å². The number of aryl methyl sites for hydroxylation is 1. The zero-order chi connectivity index (χ0) is 15.1. The molecule has 0 spiro atoms. The van der Waals surface area contributed by atoms with E-state index in [1.807, 2.05) is 0 Å². The van der Waals surface area contributed by atoms with E-state index in [1.54, 1.807) is 6.92 Å². The van der Waals surface area contributed by atoms with Gasteiger partial charge in [-0.1, -0.05) is 0 Å². The Balaban J connectivity index is 2.33. The van der Waals surface area contributed by atoms with Crippen LogP contribution in [0.25, 0.3) is 22.6 Å². The predicted octanol–water partition coefficient (Wildman–Crippen LogP) is 2.36. The summed E-state index contributed by atoms with van der Waals surface area (Å²) in [6.07, 6.45) is 1.19. The average Bonchev–Trinajstić information content (AvgIpc) is 2.95. The molecule has 3 rings (SSSR count). The number of halogens is 2.